The summed E-state index contributed by atoms with van der Waals surface area (Å²) in [5.41, 5.74) is 3.05. The molecule has 0 fully saturated rings. The van der Waals surface area contributed by atoms with Crippen molar-refractivity contribution in [3.8, 4) is 10.4 Å². The number of nitrogens with one attached hydrogen (secondary N) is 1. The predicted octanol–water partition coefficient (Wildman–Crippen LogP) is 6.69. The minimum Gasteiger partial charge on any atom is -0.384 e. The lowest BCUT2D eigenvalue weighted by molar-refractivity contribution is 0.328. The van der Waals surface area contributed by atoms with Crippen LogP contribution in [0, 0.1) is 5.82 Å². The van der Waals surface area contributed by atoms with Gasteiger partial charge in [0.25, 0.3) is 0 Å². The average Bonchev–Trinajstić information content (AvgIpc) is 3.20. The molecule has 30 heavy (non-hydrogen) atoms. The van der Waals surface area contributed by atoms with Gasteiger partial charge in [-0.15, -0.1) is 11.3 Å². The van der Waals surface area contributed by atoms with Crippen LogP contribution in [0.1, 0.15) is 11.3 Å². The van der Waals surface area contributed by atoms with Gasteiger partial charge in [0, 0.05) is 45.1 Å². The van der Waals surface area contributed by atoms with Gasteiger partial charge in [-0.2, -0.15) is 0 Å². The predicted molar refractivity (Wildman–Crippen MR) is 126 cm³/mol. The Morgan fingerprint density at radius 2 is 1.90 bits per heavy atom. The Morgan fingerprint density at radius 3 is 2.73 bits per heavy atom. The highest BCUT2D eigenvalue weighted by Gasteiger charge is 2.07. The number of halogens is 2. The number of hydrogen-bond acceptors (Lipinski definition) is 4. The minimum atomic E-state index is -0.201. The van der Waals surface area contributed by atoms with Crippen LogP contribution in [0.5, 0.6) is 0 Å². The third-order valence-corrected chi connectivity index (χ3v) is 6.31. The third-order valence-electron chi connectivity index (χ3n) is 4.95. The van der Waals surface area contributed by atoms with Gasteiger partial charge in [-0.25, -0.2) is 4.39 Å². The summed E-state index contributed by atoms with van der Waals surface area (Å²) in [5.74, 6) is -0.201. The van der Waals surface area contributed by atoms with Crippen LogP contribution >= 0.6 is 22.9 Å². The second kappa shape index (κ2) is 9.56. The SMILES string of the molecule is CN(CCCNc1ccnc2cc(Cl)ccc12)Cc1ccc(-c2ccc(F)cc2)s1. The molecule has 2 aromatic heterocycles. The lowest BCUT2D eigenvalue weighted by atomic mass is 10.2. The van der Waals surface area contributed by atoms with E-state index in [4.69, 9.17) is 11.6 Å². The Labute approximate surface area is 185 Å². The van der Waals surface area contributed by atoms with Gasteiger partial charge in [-0.05, 0) is 74.1 Å². The zero-order valence-electron chi connectivity index (χ0n) is 16.7. The topological polar surface area (TPSA) is 28.2 Å². The number of fused-ring (bicyclic) bond motifs is 1. The standard InChI is InChI=1S/C24H23ClFN3S/c1-29(16-20-8-10-24(30-20)17-3-6-19(26)7-4-17)14-2-12-27-22-11-13-28-23-15-18(25)5-9-21(22)23/h3-11,13,15H,2,12,14,16H2,1H3,(H,27,28). The van der Waals surface area contributed by atoms with Gasteiger partial charge in [0.2, 0.25) is 0 Å². The minimum absolute atomic E-state index is 0.201. The molecule has 0 unspecified atom stereocenters. The number of rotatable bonds is 8. The van der Waals surface area contributed by atoms with Gasteiger partial charge in [-0.3, -0.25) is 4.98 Å². The first-order chi connectivity index (χ1) is 14.6. The van der Waals surface area contributed by atoms with E-state index in [9.17, 15) is 4.39 Å². The summed E-state index contributed by atoms with van der Waals surface area (Å²) in [4.78, 5) is 9.19. The van der Waals surface area contributed by atoms with Crippen LogP contribution in [-0.2, 0) is 6.54 Å². The number of aromatic nitrogens is 1. The molecule has 0 spiro atoms. The molecule has 2 aromatic carbocycles. The number of benzene rings is 2. The lowest BCUT2D eigenvalue weighted by Crippen LogP contribution is -2.20. The van der Waals surface area contributed by atoms with Crippen molar-refractivity contribution in [1.82, 2.24) is 9.88 Å². The van der Waals surface area contributed by atoms with E-state index in [0.717, 1.165) is 48.2 Å². The Bertz CT molecular complexity index is 1130. The fraction of sp³-hybridized carbons (Fsp3) is 0.208. The molecule has 0 radical (unpaired) electrons. The molecule has 0 aliphatic heterocycles. The summed E-state index contributed by atoms with van der Waals surface area (Å²) in [7, 11) is 2.14. The first-order valence-corrected chi connectivity index (χ1v) is 11.1. The van der Waals surface area contributed by atoms with Crippen molar-refractivity contribution < 1.29 is 4.39 Å². The van der Waals surface area contributed by atoms with Crippen LogP contribution in [-0.4, -0.2) is 30.0 Å². The van der Waals surface area contributed by atoms with E-state index in [1.54, 1.807) is 11.3 Å². The Morgan fingerprint density at radius 1 is 1.07 bits per heavy atom. The van der Waals surface area contributed by atoms with Crippen LogP contribution in [0.3, 0.4) is 0 Å². The molecule has 0 amide bonds. The van der Waals surface area contributed by atoms with Gasteiger partial charge in [0.05, 0.1) is 5.52 Å². The van der Waals surface area contributed by atoms with Gasteiger partial charge in [0.15, 0.2) is 0 Å². The van der Waals surface area contributed by atoms with Crippen LogP contribution in [0.2, 0.25) is 5.02 Å². The molecule has 3 nitrogen and oxygen atoms in total. The highest BCUT2D eigenvalue weighted by Crippen LogP contribution is 2.29. The Hall–Kier alpha value is -2.47. The second-order valence-corrected chi connectivity index (χ2v) is 8.92. The molecule has 0 aliphatic carbocycles. The monoisotopic (exact) mass is 439 g/mol. The molecule has 1 N–H and O–H groups in total. The van der Waals surface area contributed by atoms with Crippen molar-refractivity contribution in [2.75, 3.05) is 25.5 Å². The Balaban J connectivity index is 1.27. The smallest absolute Gasteiger partial charge is 0.123 e. The van der Waals surface area contributed by atoms with Gasteiger partial charge in [0.1, 0.15) is 5.82 Å². The van der Waals surface area contributed by atoms with E-state index in [1.165, 1.54) is 21.9 Å². The molecular weight excluding hydrogens is 417 g/mol. The normalized spacial score (nSPS) is 11.3. The van der Waals surface area contributed by atoms with Crippen molar-refractivity contribution in [2.45, 2.75) is 13.0 Å². The Kier molecular flexibility index (Phi) is 6.62. The molecule has 6 heteroatoms. The number of thiophene rings is 1. The molecule has 0 atom stereocenters. The summed E-state index contributed by atoms with van der Waals surface area (Å²) in [6.45, 7) is 2.78. The lowest BCUT2D eigenvalue weighted by Gasteiger charge is -2.16. The van der Waals surface area contributed by atoms with E-state index in [1.807, 2.05) is 42.6 Å². The largest absolute Gasteiger partial charge is 0.384 e. The molecule has 0 bridgehead atoms. The van der Waals surface area contributed by atoms with Crippen molar-refractivity contribution >= 4 is 39.5 Å². The molecular formula is C24H23ClFN3S. The van der Waals surface area contributed by atoms with Crippen molar-refractivity contribution in [2.24, 2.45) is 0 Å². The zero-order chi connectivity index (χ0) is 20.9. The maximum Gasteiger partial charge on any atom is 0.123 e. The molecule has 0 saturated carbocycles. The van der Waals surface area contributed by atoms with Crippen molar-refractivity contribution in [3.05, 3.63) is 82.6 Å². The number of anilines is 1. The summed E-state index contributed by atoms with van der Waals surface area (Å²) >= 11 is 7.82. The van der Waals surface area contributed by atoms with Crippen LogP contribution in [0.4, 0.5) is 10.1 Å². The summed E-state index contributed by atoms with van der Waals surface area (Å²) in [5, 5.41) is 5.30. The first-order valence-electron chi connectivity index (χ1n) is 9.90. The zero-order valence-corrected chi connectivity index (χ0v) is 18.3. The maximum absolute atomic E-state index is 13.1. The second-order valence-electron chi connectivity index (χ2n) is 7.31. The maximum atomic E-state index is 13.1. The number of pyridine rings is 1. The molecule has 0 saturated heterocycles. The fourth-order valence-corrected chi connectivity index (χ4v) is 4.68. The van der Waals surface area contributed by atoms with Gasteiger partial charge < -0.3 is 10.2 Å². The van der Waals surface area contributed by atoms with E-state index in [0.29, 0.717) is 5.02 Å². The van der Waals surface area contributed by atoms with E-state index < -0.39 is 0 Å². The third kappa shape index (κ3) is 5.17. The highest BCUT2D eigenvalue weighted by atomic mass is 35.5. The van der Waals surface area contributed by atoms with E-state index >= 15 is 0 Å². The number of nitrogens with zero attached hydrogens (tertiary/aromatic N) is 2. The molecule has 4 rings (SSSR count). The van der Waals surface area contributed by atoms with Gasteiger partial charge in [-0.1, -0.05) is 23.7 Å². The summed E-state index contributed by atoms with van der Waals surface area (Å²) < 4.78 is 13.1. The first kappa shape index (κ1) is 20.8. The molecule has 0 aliphatic rings. The quantitative estimate of drug-likeness (QED) is 0.310. The highest BCUT2D eigenvalue weighted by molar-refractivity contribution is 7.15. The van der Waals surface area contributed by atoms with Crippen LogP contribution in [0.25, 0.3) is 21.3 Å². The van der Waals surface area contributed by atoms with Crippen molar-refractivity contribution in [1.29, 1.82) is 0 Å². The van der Waals surface area contributed by atoms with Gasteiger partial charge >= 0.3 is 0 Å². The fourth-order valence-electron chi connectivity index (χ4n) is 3.42. The number of hydrogen-bond donors (Lipinski definition) is 1. The van der Waals surface area contributed by atoms with Crippen LogP contribution in [0.15, 0.2) is 66.9 Å². The molecule has 4 aromatic rings. The summed E-state index contributed by atoms with van der Waals surface area (Å²) in [6, 6.07) is 18.7. The molecule has 154 valence electrons. The average molecular weight is 440 g/mol. The molecule has 2 heterocycles. The van der Waals surface area contributed by atoms with Crippen LogP contribution < -0.4 is 5.32 Å². The summed E-state index contributed by atoms with van der Waals surface area (Å²) in [6.07, 6.45) is 2.84. The van der Waals surface area contributed by atoms with E-state index in [-0.39, 0.29) is 5.82 Å². The van der Waals surface area contributed by atoms with Crippen molar-refractivity contribution in [3.63, 3.8) is 0 Å². The van der Waals surface area contributed by atoms with E-state index in [2.05, 4.69) is 34.4 Å².